The molecule has 2 aliphatic rings. The van der Waals surface area contributed by atoms with E-state index in [0.29, 0.717) is 5.56 Å². The van der Waals surface area contributed by atoms with Crippen molar-refractivity contribution >= 4 is 17.1 Å². The minimum Gasteiger partial charge on any atom is -0.309 e. The molecule has 220 valence electrons. The van der Waals surface area contributed by atoms with Crippen LogP contribution >= 0.6 is 0 Å². The number of anilines is 3. The van der Waals surface area contributed by atoms with Crippen LogP contribution in [0.2, 0.25) is 0 Å². The molecule has 9 rings (SSSR count). The molecule has 0 amide bonds. The topological polar surface area (TPSA) is 27.0 Å². The molecule has 0 bridgehead atoms. The summed E-state index contributed by atoms with van der Waals surface area (Å²) in [5.74, 6) is -0.268. The molecular formula is C44H27FN2. The lowest BCUT2D eigenvalue weighted by molar-refractivity contribution is 0.628. The van der Waals surface area contributed by atoms with Crippen LogP contribution in [0.5, 0.6) is 0 Å². The Hall–Kier alpha value is -6.24. The van der Waals surface area contributed by atoms with Crippen molar-refractivity contribution in [1.82, 2.24) is 0 Å². The van der Waals surface area contributed by atoms with Gasteiger partial charge in [-0.1, -0.05) is 115 Å². The van der Waals surface area contributed by atoms with Gasteiger partial charge in [0, 0.05) is 16.8 Å². The van der Waals surface area contributed by atoms with Crippen LogP contribution in [-0.4, -0.2) is 0 Å². The van der Waals surface area contributed by atoms with Crippen LogP contribution in [-0.2, 0) is 5.41 Å². The monoisotopic (exact) mass is 602 g/mol. The molecule has 2 nitrogen and oxygen atoms in total. The molecule has 47 heavy (non-hydrogen) atoms. The molecule has 0 aromatic heterocycles. The molecule has 3 heteroatoms. The van der Waals surface area contributed by atoms with Crippen LogP contribution in [0.25, 0.3) is 33.4 Å². The van der Waals surface area contributed by atoms with Crippen molar-refractivity contribution in [2.75, 3.05) is 4.90 Å². The second-order valence-corrected chi connectivity index (χ2v) is 12.1. The van der Waals surface area contributed by atoms with Crippen molar-refractivity contribution in [2.45, 2.75) is 5.41 Å². The number of fused-ring (bicyclic) bond motifs is 10. The lowest BCUT2D eigenvalue weighted by Crippen LogP contribution is -2.26. The number of para-hydroxylation sites is 1. The van der Waals surface area contributed by atoms with Gasteiger partial charge in [0.15, 0.2) is 0 Å². The number of rotatable bonds is 4. The third-order valence-corrected chi connectivity index (χ3v) is 9.79. The van der Waals surface area contributed by atoms with Crippen LogP contribution < -0.4 is 4.90 Å². The standard InChI is InChI=1S/C44H27FN2/c45-31-24-22-30(23-25-31)33-10-4-8-18-41(33)47(32-26-20-29(28-46)21-27-32)42-19-9-17-40-43(42)36-13-3-7-16-39(36)44(40)37-14-5-1-11-34(37)35-12-2-6-15-38(35)44/h1-27H. The Balaban J connectivity index is 1.38. The highest BCUT2D eigenvalue weighted by atomic mass is 19.1. The predicted octanol–water partition coefficient (Wildman–Crippen LogP) is 11.2. The van der Waals surface area contributed by atoms with E-state index < -0.39 is 5.41 Å². The quantitative estimate of drug-likeness (QED) is 0.200. The summed E-state index contributed by atoms with van der Waals surface area (Å²) in [5, 5.41) is 9.64. The Bertz CT molecular complexity index is 2340. The van der Waals surface area contributed by atoms with Gasteiger partial charge in [-0.05, 0) is 93.0 Å². The number of hydrogen-bond acceptors (Lipinski definition) is 2. The fourth-order valence-corrected chi connectivity index (χ4v) is 7.95. The average Bonchev–Trinajstić information content (AvgIpc) is 3.61. The second-order valence-electron chi connectivity index (χ2n) is 12.1. The van der Waals surface area contributed by atoms with E-state index in [1.165, 1.54) is 56.6 Å². The van der Waals surface area contributed by atoms with E-state index in [2.05, 4.69) is 114 Å². The van der Waals surface area contributed by atoms with Crippen molar-refractivity contribution in [3.8, 4) is 39.4 Å². The van der Waals surface area contributed by atoms with E-state index in [9.17, 15) is 9.65 Å². The highest BCUT2D eigenvalue weighted by molar-refractivity contribution is 6.02. The van der Waals surface area contributed by atoms with Gasteiger partial charge in [-0.3, -0.25) is 0 Å². The van der Waals surface area contributed by atoms with Crippen molar-refractivity contribution in [3.05, 3.63) is 197 Å². The first-order valence-corrected chi connectivity index (χ1v) is 15.8. The molecule has 0 fully saturated rings. The molecule has 0 saturated carbocycles. The molecule has 0 heterocycles. The summed E-state index contributed by atoms with van der Waals surface area (Å²) in [6, 6.07) is 58.1. The third-order valence-electron chi connectivity index (χ3n) is 9.79. The van der Waals surface area contributed by atoms with E-state index in [1.54, 1.807) is 0 Å². The number of halogens is 1. The zero-order chi connectivity index (χ0) is 31.5. The second kappa shape index (κ2) is 10.4. The van der Waals surface area contributed by atoms with Gasteiger partial charge >= 0.3 is 0 Å². The normalized spacial score (nSPS) is 12.9. The highest BCUT2D eigenvalue weighted by Crippen LogP contribution is 2.64. The van der Waals surface area contributed by atoms with Crippen LogP contribution in [0.4, 0.5) is 21.5 Å². The summed E-state index contributed by atoms with van der Waals surface area (Å²) in [4.78, 5) is 2.29. The molecule has 0 radical (unpaired) electrons. The van der Waals surface area contributed by atoms with Gasteiger partial charge in [0.25, 0.3) is 0 Å². The van der Waals surface area contributed by atoms with Crippen LogP contribution in [0.3, 0.4) is 0 Å². The molecule has 7 aromatic rings. The smallest absolute Gasteiger partial charge is 0.123 e. The summed E-state index contributed by atoms with van der Waals surface area (Å²) >= 11 is 0. The van der Waals surface area contributed by atoms with Gasteiger partial charge in [0.2, 0.25) is 0 Å². The lowest BCUT2D eigenvalue weighted by Gasteiger charge is -2.32. The largest absolute Gasteiger partial charge is 0.309 e. The van der Waals surface area contributed by atoms with Crippen LogP contribution in [0, 0.1) is 17.1 Å². The fraction of sp³-hybridized carbons (Fsp3) is 0.0227. The average molecular weight is 603 g/mol. The SMILES string of the molecule is N#Cc1ccc(N(c2ccccc2-c2ccc(F)cc2)c2cccc3c2-c2ccccc2C32c3ccccc3-c3ccccc32)cc1. The van der Waals surface area contributed by atoms with E-state index in [1.807, 2.05) is 48.5 Å². The van der Waals surface area contributed by atoms with E-state index in [4.69, 9.17) is 0 Å². The summed E-state index contributed by atoms with van der Waals surface area (Å²) in [6.45, 7) is 0. The van der Waals surface area contributed by atoms with Crippen molar-refractivity contribution < 1.29 is 4.39 Å². The molecule has 0 unspecified atom stereocenters. The highest BCUT2D eigenvalue weighted by Gasteiger charge is 2.52. The van der Waals surface area contributed by atoms with Gasteiger partial charge in [-0.25, -0.2) is 4.39 Å². The summed E-state index contributed by atoms with van der Waals surface area (Å²) < 4.78 is 14.1. The van der Waals surface area contributed by atoms with Crippen LogP contribution in [0.1, 0.15) is 27.8 Å². The Labute approximate surface area is 273 Å². The fourth-order valence-electron chi connectivity index (χ4n) is 7.95. The molecule has 2 aliphatic carbocycles. The minimum atomic E-state index is -0.470. The Morgan fingerprint density at radius 2 is 0.979 bits per heavy atom. The number of hydrogen-bond donors (Lipinski definition) is 0. The van der Waals surface area contributed by atoms with Crippen molar-refractivity contribution in [2.24, 2.45) is 0 Å². The number of nitrogens with zero attached hydrogens (tertiary/aromatic N) is 2. The van der Waals surface area contributed by atoms with Gasteiger partial charge in [0.1, 0.15) is 5.82 Å². The molecule has 0 aliphatic heterocycles. The Morgan fingerprint density at radius 1 is 0.468 bits per heavy atom. The Kier molecular flexibility index (Phi) is 6.00. The maximum Gasteiger partial charge on any atom is 0.123 e. The summed E-state index contributed by atoms with van der Waals surface area (Å²) in [6.07, 6.45) is 0. The van der Waals surface area contributed by atoms with Crippen LogP contribution in [0.15, 0.2) is 164 Å². The number of nitriles is 1. The predicted molar refractivity (Wildman–Crippen MR) is 188 cm³/mol. The molecule has 0 atom stereocenters. The lowest BCUT2D eigenvalue weighted by atomic mass is 9.70. The first-order chi connectivity index (χ1) is 23.2. The first-order valence-electron chi connectivity index (χ1n) is 15.8. The zero-order valence-corrected chi connectivity index (χ0v) is 25.4. The third kappa shape index (κ3) is 3.82. The van der Waals surface area contributed by atoms with Gasteiger partial charge < -0.3 is 4.90 Å². The maximum absolute atomic E-state index is 14.1. The minimum absolute atomic E-state index is 0.268. The van der Waals surface area contributed by atoms with Gasteiger partial charge in [0.05, 0.1) is 28.4 Å². The maximum atomic E-state index is 14.1. The first kappa shape index (κ1) is 27.1. The molecule has 7 aromatic carbocycles. The van der Waals surface area contributed by atoms with Crippen molar-refractivity contribution in [1.29, 1.82) is 5.26 Å². The van der Waals surface area contributed by atoms with Gasteiger partial charge in [-0.2, -0.15) is 5.26 Å². The van der Waals surface area contributed by atoms with Crippen molar-refractivity contribution in [3.63, 3.8) is 0 Å². The zero-order valence-electron chi connectivity index (χ0n) is 25.4. The Morgan fingerprint density at radius 3 is 1.62 bits per heavy atom. The number of benzene rings is 7. The molecule has 0 N–H and O–H groups in total. The van der Waals surface area contributed by atoms with E-state index >= 15 is 0 Å². The van der Waals surface area contributed by atoms with E-state index in [0.717, 1.165) is 28.2 Å². The molecule has 1 spiro atoms. The summed E-state index contributed by atoms with van der Waals surface area (Å²) in [5.41, 5.74) is 15.0. The van der Waals surface area contributed by atoms with E-state index in [-0.39, 0.29) is 5.82 Å². The summed E-state index contributed by atoms with van der Waals surface area (Å²) in [7, 11) is 0. The molecular weight excluding hydrogens is 575 g/mol. The molecule has 0 saturated heterocycles. The van der Waals surface area contributed by atoms with Gasteiger partial charge in [-0.15, -0.1) is 0 Å².